The molecule has 0 radical (unpaired) electrons. The minimum absolute atomic E-state index is 0.000721. The van der Waals surface area contributed by atoms with Crippen LogP contribution in [0.2, 0.25) is 0 Å². The lowest BCUT2D eigenvalue weighted by Gasteiger charge is -2.27. The number of hydrogen-bond acceptors (Lipinski definition) is 19. The summed E-state index contributed by atoms with van der Waals surface area (Å²) < 4.78 is 49.4. The Morgan fingerprint density at radius 2 is 0.835 bits per heavy atom. The number of carbonyl (C=O) groups excluding carboxylic acids is 10. The van der Waals surface area contributed by atoms with Gasteiger partial charge >= 0.3 is 53.7 Å². The van der Waals surface area contributed by atoms with Gasteiger partial charge in [0.1, 0.15) is 23.0 Å². The second-order valence-corrected chi connectivity index (χ2v) is 23.4. The Hall–Kier alpha value is -7.96. The predicted octanol–water partition coefficient (Wildman–Crippen LogP) is 10.4. The van der Waals surface area contributed by atoms with E-state index in [0.29, 0.717) is 117 Å². The highest BCUT2D eigenvalue weighted by Crippen LogP contribution is 2.38. The number of benzene rings is 3. The molecule has 0 bridgehead atoms. The summed E-state index contributed by atoms with van der Waals surface area (Å²) in [6.07, 6.45) is 6.91. The molecule has 0 aliphatic heterocycles. The molecule has 0 N–H and O–H groups in total. The van der Waals surface area contributed by atoms with Gasteiger partial charge in [-0.05, 0) is 148 Å². The van der Waals surface area contributed by atoms with Gasteiger partial charge in [0.05, 0.1) is 82.4 Å². The standard InChI is InChI=1S/C66H82O19/c1-10-51(67)32-35-65(6,7)39-80-58(71)30-28-56(69)77-36-33-45-12-24-52(25-13-45)82-61(73)47-16-20-49(21-17-47)63(75)84-54-38-42(3)60(44(5)43(54)4)85-64(76)50-22-18-48(19-23-50)62(74)83-53-26-14-46(15-27-53)34-37-78-57(70)29-31-59(72)81-41-66(8,9)40-79-55(68)11-2/h10-15,24-27,38,47-50H,1-2,16-23,28-37,39-41H2,3-9H3. The quantitative estimate of drug-likeness (QED) is 0.0251. The van der Waals surface area contributed by atoms with Crippen molar-refractivity contribution in [3.05, 3.63) is 108 Å². The van der Waals surface area contributed by atoms with E-state index in [0.717, 1.165) is 17.2 Å². The second kappa shape index (κ2) is 32.9. The van der Waals surface area contributed by atoms with E-state index < -0.39 is 82.3 Å². The fourth-order valence-corrected chi connectivity index (χ4v) is 9.45. The molecule has 0 heterocycles. The monoisotopic (exact) mass is 1180 g/mol. The van der Waals surface area contributed by atoms with Gasteiger partial charge in [-0.1, -0.05) is 65.1 Å². The minimum atomic E-state index is -0.618. The highest BCUT2D eigenvalue weighted by molar-refractivity contribution is 5.89. The maximum absolute atomic E-state index is 13.5. The Morgan fingerprint density at radius 1 is 0.459 bits per heavy atom. The topological polar surface area (TPSA) is 254 Å². The van der Waals surface area contributed by atoms with E-state index in [4.69, 9.17) is 42.6 Å². The van der Waals surface area contributed by atoms with Crippen molar-refractivity contribution in [2.45, 2.75) is 151 Å². The van der Waals surface area contributed by atoms with Crippen LogP contribution in [0.1, 0.15) is 145 Å². The first-order valence-electron chi connectivity index (χ1n) is 29.1. The molecule has 2 aliphatic rings. The van der Waals surface area contributed by atoms with E-state index in [1.165, 1.54) is 6.08 Å². The molecular formula is C66H82O19. The molecule has 0 saturated heterocycles. The number of ketones is 1. The van der Waals surface area contributed by atoms with Gasteiger partial charge in [0.2, 0.25) is 0 Å². The Morgan fingerprint density at radius 3 is 1.25 bits per heavy atom. The summed E-state index contributed by atoms with van der Waals surface area (Å²) >= 11 is 0. The lowest BCUT2D eigenvalue weighted by atomic mass is 9.82. The molecule has 0 spiro atoms. The number of ether oxygens (including phenoxy) is 9. The number of allylic oxidation sites excluding steroid dienone is 1. The highest BCUT2D eigenvalue weighted by atomic mass is 16.6. The lowest BCUT2D eigenvalue weighted by Crippen LogP contribution is -2.31. The number of hydrogen-bond donors (Lipinski definition) is 0. The summed E-state index contributed by atoms with van der Waals surface area (Å²) in [6, 6.07) is 15.4. The van der Waals surface area contributed by atoms with E-state index in [2.05, 4.69) is 13.2 Å². The van der Waals surface area contributed by atoms with Crippen molar-refractivity contribution < 1.29 is 90.6 Å². The normalized spacial score (nSPS) is 16.7. The summed E-state index contributed by atoms with van der Waals surface area (Å²) in [6.45, 7) is 19.8. The van der Waals surface area contributed by atoms with Gasteiger partial charge in [-0.2, -0.15) is 0 Å². The molecule has 0 atom stereocenters. The summed E-state index contributed by atoms with van der Waals surface area (Å²) in [5.41, 5.74) is 2.59. The Kier molecular flexibility index (Phi) is 26.3. The minimum Gasteiger partial charge on any atom is -0.465 e. The average molecular weight is 1180 g/mol. The maximum atomic E-state index is 13.5. The van der Waals surface area contributed by atoms with Crippen LogP contribution in [0.25, 0.3) is 0 Å². The molecule has 0 aromatic heterocycles. The number of esters is 9. The van der Waals surface area contributed by atoms with Gasteiger partial charge in [-0.3, -0.25) is 43.2 Å². The third-order valence-corrected chi connectivity index (χ3v) is 15.1. The molecule has 2 fully saturated rings. The number of carbonyl (C=O) groups is 10. The molecule has 3 aromatic rings. The zero-order chi connectivity index (χ0) is 62.3. The Labute approximate surface area is 497 Å². The van der Waals surface area contributed by atoms with Crippen LogP contribution in [-0.4, -0.2) is 92.5 Å². The van der Waals surface area contributed by atoms with Gasteiger partial charge in [0.25, 0.3) is 0 Å². The summed E-state index contributed by atoms with van der Waals surface area (Å²) in [5.74, 6) is -4.59. The molecule has 3 aromatic carbocycles. The molecule has 19 nitrogen and oxygen atoms in total. The molecule has 5 rings (SSSR count). The average Bonchev–Trinajstić information content (AvgIpc) is 3.42. The zero-order valence-electron chi connectivity index (χ0n) is 50.2. The van der Waals surface area contributed by atoms with E-state index in [1.54, 1.807) is 89.2 Å². The molecule has 0 unspecified atom stereocenters. The first-order valence-corrected chi connectivity index (χ1v) is 29.1. The second-order valence-electron chi connectivity index (χ2n) is 23.4. The molecule has 85 heavy (non-hydrogen) atoms. The van der Waals surface area contributed by atoms with Crippen molar-refractivity contribution in [2.75, 3.05) is 33.0 Å². The van der Waals surface area contributed by atoms with E-state index in [9.17, 15) is 47.9 Å². The first kappa shape index (κ1) is 67.8. The fourth-order valence-electron chi connectivity index (χ4n) is 9.45. The van der Waals surface area contributed by atoms with Crippen LogP contribution >= 0.6 is 0 Å². The van der Waals surface area contributed by atoms with E-state index >= 15 is 0 Å². The van der Waals surface area contributed by atoms with E-state index in [-0.39, 0.29) is 70.5 Å². The van der Waals surface area contributed by atoms with Crippen LogP contribution < -0.4 is 18.9 Å². The van der Waals surface area contributed by atoms with Crippen molar-refractivity contribution in [1.82, 2.24) is 0 Å². The van der Waals surface area contributed by atoms with Crippen LogP contribution in [0.4, 0.5) is 0 Å². The Bertz CT molecular complexity index is 2860. The third kappa shape index (κ3) is 23.2. The van der Waals surface area contributed by atoms with Crippen LogP contribution in [0, 0.1) is 55.3 Å². The molecular weight excluding hydrogens is 1100 g/mol. The van der Waals surface area contributed by atoms with Crippen molar-refractivity contribution in [1.29, 1.82) is 0 Å². The zero-order valence-corrected chi connectivity index (χ0v) is 50.2. The molecule has 2 aliphatic carbocycles. The number of rotatable bonds is 31. The lowest BCUT2D eigenvalue weighted by molar-refractivity contribution is -0.154. The van der Waals surface area contributed by atoms with Crippen LogP contribution in [0.15, 0.2) is 79.9 Å². The molecule has 19 heteroatoms. The van der Waals surface area contributed by atoms with Gasteiger partial charge in [0, 0.05) is 30.8 Å². The largest absolute Gasteiger partial charge is 0.465 e. The molecule has 0 amide bonds. The van der Waals surface area contributed by atoms with Crippen LogP contribution in [0.3, 0.4) is 0 Å². The number of aryl methyl sites for hydroxylation is 1. The highest BCUT2D eigenvalue weighted by Gasteiger charge is 2.35. The summed E-state index contributed by atoms with van der Waals surface area (Å²) in [7, 11) is 0. The first-order chi connectivity index (χ1) is 40.3. The van der Waals surface area contributed by atoms with E-state index in [1.807, 2.05) is 13.8 Å². The summed E-state index contributed by atoms with van der Waals surface area (Å²) in [5, 5.41) is 0. The molecule has 460 valence electrons. The third-order valence-electron chi connectivity index (χ3n) is 15.1. The summed E-state index contributed by atoms with van der Waals surface area (Å²) in [4.78, 5) is 125. The molecule has 2 saturated carbocycles. The van der Waals surface area contributed by atoms with Crippen molar-refractivity contribution >= 4 is 59.5 Å². The smallest absolute Gasteiger partial charge is 0.330 e. The van der Waals surface area contributed by atoms with Gasteiger partial charge in [-0.15, -0.1) is 0 Å². The maximum Gasteiger partial charge on any atom is 0.330 e. The van der Waals surface area contributed by atoms with Crippen molar-refractivity contribution in [3.63, 3.8) is 0 Å². The van der Waals surface area contributed by atoms with Gasteiger partial charge in [-0.25, -0.2) is 4.79 Å². The van der Waals surface area contributed by atoms with Crippen LogP contribution in [0.5, 0.6) is 23.0 Å². The SMILES string of the molecule is C=CC(=O)CCC(C)(C)COC(=O)CCC(=O)OCCc1ccc(OC(=O)C2CCC(C(=O)Oc3cc(C)c(OC(=O)C4CCC(C(=O)Oc5ccc(CCOC(=O)CCC(=O)OCC(C)(C)COC(=O)C=C)cc5)CC4)c(C)c3C)CC2)cc1. The van der Waals surface area contributed by atoms with Crippen molar-refractivity contribution in [3.8, 4) is 23.0 Å². The van der Waals surface area contributed by atoms with Gasteiger partial charge < -0.3 is 42.6 Å². The Balaban J connectivity index is 0.948. The predicted molar refractivity (Wildman–Crippen MR) is 310 cm³/mol. The fraction of sp³-hybridized carbons (Fsp3) is 0.515. The van der Waals surface area contributed by atoms with Crippen molar-refractivity contribution in [2.24, 2.45) is 34.5 Å². The van der Waals surface area contributed by atoms with Gasteiger partial charge in [0.15, 0.2) is 5.78 Å². The van der Waals surface area contributed by atoms with Crippen LogP contribution in [-0.2, 0) is 84.5 Å².